The molecule has 2 rings (SSSR count). The summed E-state index contributed by atoms with van der Waals surface area (Å²) in [5, 5.41) is 0. The molecule has 0 spiro atoms. The lowest BCUT2D eigenvalue weighted by Gasteiger charge is -2.08. The predicted molar refractivity (Wildman–Crippen MR) is 40.5 cm³/mol. The van der Waals surface area contributed by atoms with Crippen LogP contribution in [0.2, 0.25) is 0 Å². The average molecular weight is 138 g/mol. The van der Waals surface area contributed by atoms with E-state index >= 15 is 0 Å². The Bertz CT molecular complexity index is 163. The van der Waals surface area contributed by atoms with Gasteiger partial charge in [-0.3, -0.25) is 0 Å². The molecule has 0 aromatic carbocycles. The van der Waals surface area contributed by atoms with Gasteiger partial charge < -0.3 is 4.74 Å². The van der Waals surface area contributed by atoms with Crippen LogP contribution in [0.4, 0.5) is 0 Å². The van der Waals surface area contributed by atoms with Gasteiger partial charge in [-0.1, -0.05) is 13.8 Å². The Balaban J connectivity index is 2.27. The first-order valence-electron chi connectivity index (χ1n) is 4.14. The lowest BCUT2D eigenvalue weighted by atomic mass is 10.0. The van der Waals surface area contributed by atoms with E-state index < -0.39 is 0 Å². The molecule has 2 aliphatic rings. The number of hydrogen-bond acceptors (Lipinski definition) is 1. The molecular weight excluding hydrogens is 124 g/mol. The molecule has 56 valence electrons. The van der Waals surface area contributed by atoms with E-state index in [9.17, 15) is 0 Å². The van der Waals surface area contributed by atoms with Crippen molar-refractivity contribution in [2.24, 2.45) is 11.8 Å². The average Bonchev–Trinajstić information content (AvgIpc) is 2.39. The fourth-order valence-corrected chi connectivity index (χ4v) is 2.21. The highest BCUT2D eigenvalue weighted by molar-refractivity contribution is 5.23. The molecule has 0 saturated heterocycles. The van der Waals surface area contributed by atoms with E-state index in [1.54, 1.807) is 5.57 Å². The van der Waals surface area contributed by atoms with Gasteiger partial charge in [0.25, 0.3) is 0 Å². The highest BCUT2D eigenvalue weighted by Gasteiger charge is 2.32. The van der Waals surface area contributed by atoms with E-state index in [1.165, 1.54) is 18.6 Å². The monoisotopic (exact) mass is 138 g/mol. The quantitative estimate of drug-likeness (QED) is 0.499. The van der Waals surface area contributed by atoms with Gasteiger partial charge in [-0.05, 0) is 17.9 Å². The molecule has 1 heteroatoms. The Hall–Kier alpha value is -0.460. The molecule has 0 aromatic rings. The topological polar surface area (TPSA) is 9.23 Å². The Morgan fingerprint density at radius 2 is 2.10 bits per heavy atom. The van der Waals surface area contributed by atoms with Crippen LogP contribution in [0.3, 0.4) is 0 Å². The number of hydrogen-bond donors (Lipinski definition) is 0. The highest BCUT2D eigenvalue weighted by Crippen LogP contribution is 2.41. The summed E-state index contributed by atoms with van der Waals surface area (Å²) in [6, 6.07) is 0. The van der Waals surface area contributed by atoms with Crippen molar-refractivity contribution >= 4 is 0 Å². The normalized spacial score (nSPS) is 38.2. The molecule has 1 nitrogen and oxygen atoms in total. The number of rotatable bonds is 0. The summed E-state index contributed by atoms with van der Waals surface area (Å²) in [5.41, 5.74) is 1.60. The molecule has 1 aliphatic heterocycles. The zero-order valence-corrected chi connectivity index (χ0v) is 6.68. The van der Waals surface area contributed by atoms with Crippen molar-refractivity contribution in [2.45, 2.75) is 26.7 Å². The Morgan fingerprint density at radius 1 is 1.30 bits per heavy atom. The van der Waals surface area contributed by atoms with Crippen molar-refractivity contribution in [1.82, 2.24) is 0 Å². The summed E-state index contributed by atoms with van der Waals surface area (Å²) < 4.78 is 5.54. The number of ether oxygens (including phenoxy) is 1. The third-order valence-electron chi connectivity index (χ3n) is 2.70. The smallest absolute Gasteiger partial charge is 0.0984 e. The second-order valence-electron chi connectivity index (χ2n) is 3.53. The lowest BCUT2D eigenvalue weighted by molar-refractivity contribution is 0.208. The predicted octanol–water partition coefficient (Wildman–Crippen LogP) is 2.34. The molecule has 2 atom stereocenters. The van der Waals surface area contributed by atoms with Gasteiger partial charge in [0.1, 0.15) is 0 Å². The summed E-state index contributed by atoms with van der Waals surface area (Å²) in [6.07, 6.45) is 2.51. The van der Waals surface area contributed by atoms with Crippen molar-refractivity contribution < 1.29 is 4.74 Å². The molecule has 0 amide bonds. The van der Waals surface area contributed by atoms with Crippen LogP contribution in [0.1, 0.15) is 26.7 Å². The molecule has 10 heavy (non-hydrogen) atoms. The van der Waals surface area contributed by atoms with E-state index in [4.69, 9.17) is 4.74 Å². The maximum absolute atomic E-state index is 5.54. The molecule has 2 unspecified atom stereocenters. The van der Waals surface area contributed by atoms with Crippen LogP contribution in [-0.4, -0.2) is 6.61 Å². The maximum Gasteiger partial charge on any atom is 0.0984 e. The molecule has 0 saturated carbocycles. The molecule has 0 fully saturated rings. The van der Waals surface area contributed by atoms with Crippen molar-refractivity contribution in [3.63, 3.8) is 0 Å². The Morgan fingerprint density at radius 3 is 2.80 bits per heavy atom. The van der Waals surface area contributed by atoms with Crippen molar-refractivity contribution in [3.8, 4) is 0 Å². The SMILES string of the molecule is CC1CC(C)C2=C1CCO2. The maximum atomic E-state index is 5.54. The van der Waals surface area contributed by atoms with E-state index in [2.05, 4.69) is 13.8 Å². The van der Waals surface area contributed by atoms with Crippen LogP contribution in [0.15, 0.2) is 11.3 Å². The molecule has 1 heterocycles. The fraction of sp³-hybridized carbons (Fsp3) is 0.778. The van der Waals surface area contributed by atoms with Gasteiger partial charge in [-0.15, -0.1) is 0 Å². The standard InChI is InChI=1S/C9H14O/c1-6-5-7(2)9-8(6)3-4-10-9/h6-7H,3-5H2,1-2H3. The summed E-state index contributed by atoms with van der Waals surface area (Å²) in [5.74, 6) is 2.83. The highest BCUT2D eigenvalue weighted by atomic mass is 16.5. The van der Waals surface area contributed by atoms with Crippen LogP contribution in [0.5, 0.6) is 0 Å². The zero-order chi connectivity index (χ0) is 7.14. The third-order valence-corrected chi connectivity index (χ3v) is 2.70. The molecule has 0 N–H and O–H groups in total. The molecule has 0 radical (unpaired) electrons. The van der Waals surface area contributed by atoms with Gasteiger partial charge in [-0.2, -0.15) is 0 Å². The van der Waals surface area contributed by atoms with Gasteiger partial charge in [0, 0.05) is 12.3 Å². The van der Waals surface area contributed by atoms with Crippen LogP contribution >= 0.6 is 0 Å². The van der Waals surface area contributed by atoms with Gasteiger partial charge in [-0.25, -0.2) is 0 Å². The van der Waals surface area contributed by atoms with Crippen molar-refractivity contribution in [2.75, 3.05) is 6.61 Å². The van der Waals surface area contributed by atoms with E-state index in [0.717, 1.165) is 12.5 Å². The minimum Gasteiger partial charge on any atom is -0.497 e. The second-order valence-corrected chi connectivity index (χ2v) is 3.53. The summed E-state index contributed by atoms with van der Waals surface area (Å²) >= 11 is 0. The van der Waals surface area contributed by atoms with Gasteiger partial charge >= 0.3 is 0 Å². The molecule has 0 aromatic heterocycles. The first-order chi connectivity index (χ1) is 4.79. The van der Waals surface area contributed by atoms with E-state index in [0.29, 0.717) is 5.92 Å². The first-order valence-corrected chi connectivity index (χ1v) is 4.14. The lowest BCUT2D eigenvalue weighted by Crippen LogP contribution is -1.99. The van der Waals surface area contributed by atoms with Crippen molar-refractivity contribution in [3.05, 3.63) is 11.3 Å². The fourth-order valence-electron chi connectivity index (χ4n) is 2.21. The minimum absolute atomic E-state index is 0.701. The molecular formula is C9H14O. The van der Waals surface area contributed by atoms with Gasteiger partial charge in [0.15, 0.2) is 0 Å². The van der Waals surface area contributed by atoms with Gasteiger partial charge in [0.05, 0.1) is 12.4 Å². The van der Waals surface area contributed by atoms with Crippen molar-refractivity contribution in [1.29, 1.82) is 0 Å². The molecule has 0 bridgehead atoms. The summed E-state index contributed by atoms with van der Waals surface area (Å²) in [4.78, 5) is 0. The zero-order valence-electron chi connectivity index (χ0n) is 6.68. The van der Waals surface area contributed by atoms with E-state index in [1.807, 2.05) is 0 Å². The first kappa shape index (κ1) is 6.26. The van der Waals surface area contributed by atoms with Crippen LogP contribution in [-0.2, 0) is 4.74 Å². The van der Waals surface area contributed by atoms with Crippen LogP contribution in [0, 0.1) is 11.8 Å². The second kappa shape index (κ2) is 2.01. The van der Waals surface area contributed by atoms with Gasteiger partial charge in [0.2, 0.25) is 0 Å². The summed E-state index contributed by atoms with van der Waals surface area (Å²) in [6.45, 7) is 5.52. The summed E-state index contributed by atoms with van der Waals surface area (Å²) in [7, 11) is 0. The largest absolute Gasteiger partial charge is 0.497 e. The van der Waals surface area contributed by atoms with E-state index in [-0.39, 0.29) is 0 Å². The molecule has 1 aliphatic carbocycles. The van der Waals surface area contributed by atoms with Crippen LogP contribution in [0.25, 0.3) is 0 Å². The Kier molecular flexibility index (Phi) is 1.26. The number of allylic oxidation sites excluding steroid dienone is 1. The minimum atomic E-state index is 0.701. The third kappa shape index (κ3) is 0.695. The van der Waals surface area contributed by atoms with Crippen LogP contribution < -0.4 is 0 Å². The Labute approximate surface area is 62.1 Å².